The summed E-state index contributed by atoms with van der Waals surface area (Å²) in [4.78, 5) is 10.2. The highest BCUT2D eigenvalue weighted by Gasteiger charge is 2.18. The summed E-state index contributed by atoms with van der Waals surface area (Å²) in [5.74, 6) is 1.91. The van der Waals surface area contributed by atoms with E-state index in [1.165, 1.54) is 0 Å². The third kappa shape index (κ3) is 5.71. The molecule has 45 heavy (non-hydrogen) atoms. The maximum atomic E-state index is 10.0. The first-order valence-corrected chi connectivity index (χ1v) is 16.1. The molecule has 5 aromatic carbocycles. The van der Waals surface area contributed by atoms with Crippen molar-refractivity contribution in [2.75, 3.05) is 0 Å². The van der Waals surface area contributed by atoms with Crippen molar-refractivity contribution >= 4 is 32.6 Å². The number of benzene rings is 5. The number of hydrogen-bond acceptors (Lipinski definition) is 5. The quantitative estimate of drug-likeness (QED) is 0.165. The molecule has 0 spiro atoms. The van der Waals surface area contributed by atoms with Crippen molar-refractivity contribution in [3.63, 3.8) is 0 Å². The average molecular weight is 605 g/mol. The average Bonchev–Trinajstić information content (AvgIpc) is 3.67. The van der Waals surface area contributed by atoms with E-state index in [9.17, 15) is 5.26 Å². The number of aromatic nitrogens is 3. The van der Waals surface area contributed by atoms with Gasteiger partial charge < -0.3 is 9.30 Å². The van der Waals surface area contributed by atoms with Crippen molar-refractivity contribution in [1.82, 2.24) is 14.5 Å². The zero-order chi connectivity index (χ0) is 30.8. The molecule has 7 rings (SSSR count). The van der Waals surface area contributed by atoms with Crippen LogP contribution < -0.4 is 4.74 Å². The Bertz CT molecular complexity index is 2170. The summed E-state index contributed by atoms with van der Waals surface area (Å²) in [6.45, 7) is 5.44. The fraction of sp³-hybridized carbons (Fsp3) is 0.154. The summed E-state index contributed by atoms with van der Waals surface area (Å²) in [7, 11) is 0. The lowest BCUT2D eigenvalue weighted by atomic mass is 9.98. The van der Waals surface area contributed by atoms with Crippen molar-refractivity contribution in [3.8, 4) is 33.5 Å². The summed E-state index contributed by atoms with van der Waals surface area (Å²) < 4.78 is 9.55. The summed E-state index contributed by atoms with van der Waals surface area (Å²) >= 11 is 1.70. The highest BCUT2D eigenvalue weighted by Crippen LogP contribution is 2.36. The molecular formula is C39H32N4OS. The molecular weight excluding hydrogens is 573 g/mol. The van der Waals surface area contributed by atoms with Gasteiger partial charge in [-0.3, -0.25) is 0 Å². The zero-order valence-electron chi connectivity index (χ0n) is 25.3. The number of para-hydroxylation sites is 1. The number of thiazole rings is 1. The molecule has 0 aliphatic heterocycles. The fourth-order valence-corrected chi connectivity index (χ4v) is 6.96. The van der Waals surface area contributed by atoms with Crippen LogP contribution in [-0.2, 0) is 19.6 Å². The molecule has 5 nitrogen and oxygen atoms in total. The van der Waals surface area contributed by atoms with E-state index in [0.29, 0.717) is 18.7 Å². The lowest BCUT2D eigenvalue weighted by Crippen LogP contribution is -2.06. The molecule has 220 valence electrons. The third-order valence-corrected chi connectivity index (χ3v) is 9.30. The number of aryl methyl sites for hydroxylation is 2. The molecule has 2 aromatic heterocycles. The largest absolute Gasteiger partial charge is 0.489 e. The minimum absolute atomic E-state index is 0.488. The minimum atomic E-state index is 0.488. The molecule has 7 aromatic rings. The Morgan fingerprint density at radius 1 is 0.844 bits per heavy atom. The van der Waals surface area contributed by atoms with Crippen LogP contribution in [-0.4, -0.2) is 14.5 Å². The first-order chi connectivity index (χ1) is 22.1. The standard InChI is InChI=1S/C39H32N4OS/c1-3-11-36-42-37-26(2)20-30(39-41-34-17-10-14-29(38(34)45-39)25-44-32-15-8-5-9-16-32)22-35(37)43(36)24-27-18-19-33(31(21-27)23-40)28-12-6-4-7-13-28/h4-10,12-22H,3,11,24-25H2,1-2H3. The lowest BCUT2D eigenvalue weighted by molar-refractivity contribution is 0.308. The number of hydrogen-bond donors (Lipinski definition) is 0. The zero-order valence-corrected chi connectivity index (χ0v) is 26.1. The van der Waals surface area contributed by atoms with E-state index >= 15 is 0 Å². The third-order valence-electron chi connectivity index (χ3n) is 8.11. The Kier molecular flexibility index (Phi) is 7.85. The number of nitriles is 1. The van der Waals surface area contributed by atoms with E-state index in [1.807, 2.05) is 66.7 Å². The predicted octanol–water partition coefficient (Wildman–Crippen LogP) is 9.74. The Hall–Kier alpha value is -5.25. The van der Waals surface area contributed by atoms with Gasteiger partial charge in [-0.05, 0) is 72.0 Å². The van der Waals surface area contributed by atoms with Crippen LogP contribution in [0.2, 0.25) is 0 Å². The lowest BCUT2D eigenvalue weighted by Gasteiger charge is -2.12. The molecule has 0 saturated carbocycles. The molecule has 6 heteroatoms. The molecule has 0 radical (unpaired) electrons. The second-order valence-electron chi connectivity index (χ2n) is 11.3. The number of imidazole rings is 1. The van der Waals surface area contributed by atoms with Gasteiger partial charge in [0.15, 0.2) is 0 Å². The molecule has 0 atom stereocenters. The van der Waals surface area contributed by atoms with Crippen LogP contribution in [0.4, 0.5) is 0 Å². The molecule has 0 unspecified atom stereocenters. The van der Waals surface area contributed by atoms with Crippen LogP contribution >= 0.6 is 11.3 Å². The van der Waals surface area contributed by atoms with Gasteiger partial charge in [-0.2, -0.15) is 5.26 Å². The van der Waals surface area contributed by atoms with Gasteiger partial charge in [-0.25, -0.2) is 9.97 Å². The van der Waals surface area contributed by atoms with E-state index in [2.05, 4.69) is 66.9 Å². The highest BCUT2D eigenvalue weighted by atomic mass is 32.1. The van der Waals surface area contributed by atoms with E-state index < -0.39 is 0 Å². The predicted molar refractivity (Wildman–Crippen MR) is 184 cm³/mol. The monoisotopic (exact) mass is 604 g/mol. The van der Waals surface area contributed by atoms with Crippen LogP contribution in [0.15, 0.2) is 109 Å². The molecule has 0 aliphatic rings. The smallest absolute Gasteiger partial charge is 0.124 e. The van der Waals surface area contributed by atoms with Gasteiger partial charge in [0.25, 0.3) is 0 Å². The van der Waals surface area contributed by atoms with E-state index in [4.69, 9.17) is 14.7 Å². The summed E-state index contributed by atoms with van der Waals surface area (Å²) in [6, 6.07) is 39.3. The maximum Gasteiger partial charge on any atom is 0.124 e. The number of rotatable bonds is 9. The second kappa shape index (κ2) is 12.4. The van der Waals surface area contributed by atoms with Crippen molar-refractivity contribution in [2.24, 2.45) is 0 Å². The minimum Gasteiger partial charge on any atom is -0.489 e. The SMILES string of the molecule is CCCc1nc2c(C)cc(-c3nc4cccc(COc5ccccc5)c4s3)cc2n1Cc1ccc(-c2ccccc2)c(C#N)c1. The molecule has 2 heterocycles. The molecule has 0 N–H and O–H groups in total. The Labute approximate surface area is 267 Å². The van der Waals surface area contributed by atoms with Crippen LogP contribution in [0.25, 0.3) is 42.9 Å². The normalized spacial score (nSPS) is 11.2. The number of fused-ring (bicyclic) bond motifs is 2. The van der Waals surface area contributed by atoms with Crippen LogP contribution in [0, 0.1) is 18.3 Å². The van der Waals surface area contributed by atoms with Crippen molar-refractivity contribution in [1.29, 1.82) is 5.26 Å². The molecule has 0 amide bonds. The van der Waals surface area contributed by atoms with E-state index in [1.54, 1.807) is 11.3 Å². The Morgan fingerprint density at radius 2 is 1.64 bits per heavy atom. The van der Waals surface area contributed by atoms with Crippen LogP contribution in [0.1, 0.15) is 41.4 Å². The number of ether oxygens (including phenoxy) is 1. The van der Waals surface area contributed by atoms with Gasteiger partial charge in [0, 0.05) is 24.1 Å². The van der Waals surface area contributed by atoms with Crippen molar-refractivity contribution in [3.05, 3.63) is 137 Å². The molecule has 0 aliphatic carbocycles. The molecule has 0 fully saturated rings. The summed E-state index contributed by atoms with van der Waals surface area (Å²) in [5, 5.41) is 11.0. The van der Waals surface area contributed by atoms with Gasteiger partial charge in [0.1, 0.15) is 23.2 Å². The van der Waals surface area contributed by atoms with Crippen LogP contribution in [0.5, 0.6) is 5.75 Å². The van der Waals surface area contributed by atoms with Gasteiger partial charge >= 0.3 is 0 Å². The molecule has 0 bridgehead atoms. The Balaban J connectivity index is 1.26. The van der Waals surface area contributed by atoms with E-state index in [-0.39, 0.29) is 0 Å². The highest BCUT2D eigenvalue weighted by molar-refractivity contribution is 7.21. The van der Waals surface area contributed by atoms with Crippen LogP contribution in [0.3, 0.4) is 0 Å². The number of nitrogens with zero attached hydrogens (tertiary/aromatic N) is 4. The molecule has 0 saturated heterocycles. The van der Waals surface area contributed by atoms with Gasteiger partial charge in [0.05, 0.1) is 32.9 Å². The maximum absolute atomic E-state index is 10.0. The first-order valence-electron chi connectivity index (χ1n) is 15.3. The van der Waals surface area contributed by atoms with E-state index in [0.717, 1.165) is 84.1 Å². The van der Waals surface area contributed by atoms with Gasteiger partial charge in [-0.1, -0.05) is 79.7 Å². The van der Waals surface area contributed by atoms with Gasteiger partial charge in [0.2, 0.25) is 0 Å². The summed E-state index contributed by atoms with van der Waals surface area (Å²) in [5.41, 5.74) is 10.2. The van der Waals surface area contributed by atoms with Crippen molar-refractivity contribution < 1.29 is 4.74 Å². The topological polar surface area (TPSA) is 63.7 Å². The first kappa shape index (κ1) is 28.5. The fourth-order valence-electron chi connectivity index (χ4n) is 5.91. The van der Waals surface area contributed by atoms with Gasteiger partial charge in [-0.15, -0.1) is 11.3 Å². The van der Waals surface area contributed by atoms with Crippen molar-refractivity contribution in [2.45, 2.75) is 39.8 Å². The Morgan fingerprint density at radius 3 is 2.42 bits per heavy atom. The summed E-state index contributed by atoms with van der Waals surface area (Å²) in [6.07, 6.45) is 1.87. The second-order valence-corrected chi connectivity index (χ2v) is 12.3.